The van der Waals surface area contributed by atoms with Crippen LogP contribution in [0.15, 0.2) is 42.5 Å². The van der Waals surface area contributed by atoms with Crippen molar-refractivity contribution in [3.05, 3.63) is 59.2 Å². The summed E-state index contributed by atoms with van der Waals surface area (Å²) in [5, 5.41) is 5.91. The summed E-state index contributed by atoms with van der Waals surface area (Å²) in [4.78, 5) is 25.5. The standard InChI is InChI=1S/C22H29N3O2/c1-15(2)18-10-6-7-11-20(18)24-22(27)14-25(5)13-21(26)23-19-12-8-9-16(3)17(19)4/h6-12,15H,13-14H2,1-5H3,(H,23,26)(H,24,27)/p+1. The second kappa shape index (κ2) is 9.33. The molecule has 2 aromatic carbocycles. The Balaban J connectivity index is 1.89. The van der Waals surface area contributed by atoms with Gasteiger partial charge in [-0.05, 0) is 48.6 Å². The molecule has 0 bridgehead atoms. The summed E-state index contributed by atoms with van der Waals surface area (Å²) in [7, 11) is 1.84. The molecule has 0 saturated heterocycles. The van der Waals surface area contributed by atoms with Crippen LogP contribution in [0.25, 0.3) is 0 Å². The molecule has 144 valence electrons. The molecule has 5 heteroatoms. The number of carbonyl (C=O) groups is 2. The minimum absolute atomic E-state index is 0.0971. The van der Waals surface area contributed by atoms with Gasteiger partial charge in [0.05, 0.1) is 7.05 Å². The lowest BCUT2D eigenvalue weighted by molar-refractivity contribution is -0.862. The number of rotatable bonds is 7. The largest absolute Gasteiger partial charge is 0.322 e. The first-order valence-corrected chi connectivity index (χ1v) is 9.34. The average Bonchev–Trinajstić information content (AvgIpc) is 2.58. The highest BCUT2D eigenvalue weighted by Gasteiger charge is 2.16. The molecular formula is C22H30N3O2+. The lowest BCUT2D eigenvalue weighted by atomic mass is 10.0. The van der Waals surface area contributed by atoms with Crippen molar-refractivity contribution in [1.82, 2.24) is 0 Å². The summed E-state index contributed by atoms with van der Waals surface area (Å²) in [5.41, 5.74) is 4.97. The summed E-state index contributed by atoms with van der Waals surface area (Å²) < 4.78 is 0. The number of hydrogen-bond acceptors (Lipinski definition) is 2. The maximum Gasteiger partial charge on any atom is 0.279 e. The number of para-hydroxylation sites is 1. The fourth-order valence-corrected chi connectivity index (χ4v) is 3.00. The third kappa shape index (κ3) is 5.93. The van der Waals surface area contributed by atoms with Crippen LogP contribution in [-0.4, -0.2) is 32.0 Å². The average molecular weight is 369 g/mol. The normalized spacial score (nSPS) is 11.9. The number of anilines is 2. The van der Waals surface area contributed by atoms with Gasteiger partial charge in [-0.15, -0.1) is 0 Å². The van der Waals surface area contributed by atoms with Gasteiger partial charge in [0.2, 0.25) is 0 Å². The Hall–Kier alpha value is -2.66. The van der Waals surface area contributed by atoms with Crippen molar-refractivity contribution >= 4 is 23.2 Å². The first-order valence-electron chi connectivity index (χ1n) is 9.34. The lowest BCUT2D eigenvalue weighted by Crippen LogP contribution is -3.11. The van der Waals surface area contributed by atoms with E-state index in [-0.39, 0.29) is 24.9 Å². The van der Waals surface area contributed by atoms with Gasteiger partial charge in [0.25, 0.3) is 11.8 Å². The molecule has 0 fully saturated rings. The second-order valence-corrected chi connectivity index (χ2v) is 7.40. The van der Waals surface area contributed by atoms with Gasteiger partial charge < -0.3 is 15.5 Å². The molecule has 0 aliphatic heterocycles. The van der Waals surface area contributed by atoms with Crippen LogP contribution in [0.4, 0.5) is 11.4 Å². The Morgan fingerprint density at radius 1 is 0.889 bits per heavy atom. The molecule has 2 amide bonds. The van der Waals surface area contributed by atoms with Crippen LogP contribution < -0.4 is 15.5 Å². The zero-order chi connectivity index (χ0) is 20.0. The molecule has 2 aromatic rings. The Morgan fingerprint density at radius 2 is 1.44 bits per heavy atom. The maximum atomic E-state index is 12.4. The third-order valence-electron chi connectivity index (χ3n) is 4.66. The molecule has 2 rings (SSSR count). The minimum atomic E-state index is -0.100. The van der Waals surface area contributed by atoms with Crippen molar-refractivity contribution < 1.29 is 14.5 Å². The highest BCUT2D eigenvalue weighted by Crippen LogP contribution is 2.23. The third-order valence-corrected chi connectivity index (χ3v) is 4.66. The Morgan fingerprint density at radius 3 is 2.07 bits per heavy atom. The van der Waals surface area contributed by atoms with Crippen molar-refractivity contribution in [2.24, 2.45) is 0 Å². The van der Waals surface area contributed by atoms with Crippen LogP contribution in [0, 0.1) is 13.8 Å². The van der Waals surface area contributed by atoms with Crippen LogP contribution in [0.2, 0.25) is 0 Å². The van der Waals surface area contributed by atoms with E-state index in [2.05, 4.69) is 24.5 Å². The molecular weight excluding hydrogens is 338 g/mol. The molecule has 0 aromatic heterocycles. The first-order chi connectivity index (χ1) is 12.8. The minimum Gasteiger partial charge on any atom is -0.322 e. The number of likely N-dealkylation sites (N-methyl/N-ethyl adjacent to an activating group) is 1. The number of carbonyl (C=O) groups excluding carboxylic acids is 2. The molecule has 0 saturated carbocycles. The Bertz CT molecular complexity index is 815. The van der Waals surface area contributed by atoms with Crippen LogP contribution in [0.5, 0.6) is 0 Å². The summed E-state index contributed by atoms with van der Waals surface area (Å²) >= 11 is 0. The van der Waals surface area contributed by atoms with E-state index in [1.54, 1.807) is 0 Å². The van der Waals surface area contributed by atoms with Crippen molar-refractivity contribution in [3.63, 3.8) is 0 Å². The Labute approximate surface area is 161 Å². The molecule has 0 aliphatic rings. The van der Waals surface area contributed by atoms with E-state index in [4.69, 9.17) is 0 Å². The van der Waals surface area contributed by atoms with Gasteiger partial charge in [-0.25, -0.2) is 0 Å². The van der Waals surface area contributed by atoms with E-state index in [1.807, 2.05) is 63.4 Å². The van der Waals surface area contributed by atoms with Crippen molar-refractivity contribution in [2.45, 2.75) is 33.6 Å². The molecule has 0 aliphatic carbocycles. The van der Waals surface area contributed by atoms with Crippen molar-refractivity contribution in [2.75, 3.05) is 30.8 Å². The SMILES string of the molecule is Cc1cccc(NC(=O)C[NH+](C)CC(=O)Nc2ccccc2C(C)C)c1C. The van der Waals surface area contributed by atoms with E-state index in [0.29, 0.717) is 5.92 Å². The summed E-state index contributed by atoms with van der Waals surface area (Å²) in [6.45, 7) is 8.65. The van der Waals surface area contributed by atoms with Crippen LogP contribution in [0.1, 0.15) is 36.5 Å². The fourth-order valence-electron chi connectivity index (χ4n) is 3.00. The van der Waals surface area contributed by atoms with Crippen LogP contribution >= 0.6 is 0 Å². The van der Waals surface area contributed by atoms with E-state index < -0.39 is 0 Å². The molecule has 3 N–H and O–H groups in total. The second-order valence-electron chi connectivity index (χ2n) is 7.40. The zero-order valence-electron chi connectivity index (χ0n) is 16.8. The van der Waals surface area contributed by atoms with Crippen molar-refractivity contribution in [1.29, 1.82) is 0 Å². The summed E-state index contributed by atoms with van der Waals surface area (Å²) in [5.74, 6) is 0.131. The number of amides is 2. The van der Waals surface area contributed by atoms with Gasteiger partial charge in [0.15, 0.2) is 13.1 Å². The summed E-state index contributed by atoms with van der Waals surface area (Å²) in [6.07, 6.45) is 0. The highest BCUT2D eigenvalue weighted by molar-refractivity contribution is 5.94. The number of benzene rings is 2. The topological polar surface area (TPSA) is 62.6 Å². The van der Waals surface area contributed by atoms with Crippen LogP contribution in [0.3, 0.4) is 0 Å². The highest BCUT2D eigenvalue weighted by atomic mass is 16.2. The predicted molar refractivity (Wildman–Crippen MR) is 110 cm³/mol. The number of nitrogens with one attached hydrogen (secondary N) is 3. The van der Waals surface area contributed by atoms with E-state index in [1.165, 1.54) is 0 Å². The number of aryl methyl sites for hydroxylation is 1. The Kier molecular flexibility index (Phi) is 7.13. The van der Waals surface area contributed by atoms with Gasteiger partial charge in [-0.2, -0.15) is 0 Å². The molecule has 27 heavy (non-hydrogen) atoms. The molecule has 0 heterocycles. The lowest BCUT2D eigenvalue weighted by Gasteiger charge is -2.17. The van der Waals surface area contributed by atoms with Gasteiger partial charge in [-0.3, -0.25) is 9.59 Å². The van der Waals surface area contributed by atoms with E-state index >= 15 is 0 Å². The van der Waals surface area contributed by atoms with E-state index in [9.17, 15) is 9.59 Å². The maximum absolute atomic E-state index is 12.4. The number of hydrogen-bond donors (Lipinski definition) is 3. The molecule has 0 spiro atoms. The molecule has 5 nitrogen and oxygen atoms in total. The number of quaternary nitrogens is 1. The quantitative estimate of drug-likeness (QED) is 0.703. The van der Waals surface area contributed by atoms with E-state index in [0.717, 1.165) is 33.0 Å². The first kappa shape index (κ1) is 20.6. The van der Waals surface area contributed by atoms with Gasteiger partial charge >= 0.3 is 0 Å². The monoisotopic (exact) mass is 368 g/mol. The smallest absolute Gasteiger partial charge is 0.279 e. The summed E-state index contributed by atoms with van der Waals surface area (Å²) in [6, 6.07) is 13.7. The van der Waals surface area contributed by atoms with Gasteiger partial charge in [-0.1, -0.05) is 44.2 Å². The van der Waals surface area contributed by atoms with Crippen LogP contribution in [-0.2, 0) is 9.59 Å². The van der Waals surface area contributed by atoms with Crippen molar-refractivity contribution in [3.8, 4) is 0 Å². The van der Waals surface area contributed by atoms with Gasteiger partial charge in [0, 0.05) is 11.4 Å². The molecule has 1 unspecified atom stereocenters. The van der Waals surface area contributed by atoms with Gasteiger partial charge in [0.1, 0.15) is 0 Å². The fraction of sp³-hybridized carbons (Fsp3) is 0.364. The molecule has 1 atom stereocenters. The zero-order valence-corrected chi connectivity index (χ0v) is 16.8. The predicted octanol–water partition coefficient (Wildman–Crippen LogP) is 2.52. The molecule has 0 radical (unpaired) electrons.